The highest BCUT2D eigenvalue weighted by Gasteiger charge is 1.98. The van der Waals surface area contributed by atoms with Gasteiger partial charge in [-0.25, -0.2) is 0 Å². The Morgan fingerprint density at radius 1 is 0.917 bits per heavy atom. The van der Waals surface area contributed by atoms with E-state index >= 15 is 0 Å². The van der Waals surface area contributed by atoms with Crippen molar-refractivity contribution in [2.75, 3.05) is 13.2 Å². The van der Waals surface area contributed by atoms with E-state index in [1.54, 1.807) is 0 Å². The summed E-state index contributed by atoms with van der Waals surface area (Å²) in [5.41, 5.74) is 4.11. The Bertz CT molecular complexity index is 577. The molecule has 2 rings (SSSR count). The summed E-state index contributed by atoms with van der Waals surface area (Å²) < 4.78 is 5.78. The molecule has 0 atom stereocenters. The van der Waals surface area contributed by atoms with Crippen LogP contribution in [0.15, 0.2) is 48.5 Å². The van der Waals surface area contributed by atoms with Gasteiger partial charge in [-0.3, -0.25) is 0 Å². The molecule has 0 unspecified atom stereocenters. The van der Waals surface area contributed by atoms with Gasteiger partial charge in [0.15, 0.2) is 0 Å². The van der Waals surface area contributed by atoms with E-state index in [2.05, 4.69) is 67.7 Å². The lowest BCUT2D eigenvalue weighted by molar-refractivity contribution is 0.305. The Balaban J connectivity index is 1.64. The number of aryl methyl sites for hydroxylation is 1. The second kappa shape index (κ2) is 10.9. The van der Waals surface area contributed by atoms with Crippen molar-refractivity contribution < 1.29 is 4.74 Å². The number of rotatable bonds is 11. The number of unbranched alkanes of at least 4 members (excludes halogenated alkanes) is 3. The smallest absolute Gasteiger partial charge is 0.119 e. The molecule has 0 aliphatic heterocycles. The van der Waals surface area contributed by atoms with E-state index < -0.39 is 0 Å². The number of benzene rings is 2. The van der Waals surface area contributed by atoms with Crippen LogP contribution in [0.4, 0.5) is 0 Å². The van der Waals surface area contributed by atoms with Crippen LogP contribution in [0.25, 0.3) is 0 Å². The first-order valence-corrected chi connectivity index (χ1v) is 9.26. The molecule has 0 saturated heterocycles. The standard InChI is InChI=1S/C22H31NO/c1-3-4-5-8-17-24-22-13-11-20(12-14-22)18-23-16-15-21-10-7-6-9-19(21)2/h6-7,9-14,23H,3-5,8,15-18H2,1-2H3. The fraction of sp³-hybridized carbons (Fsp3) is 0.455. The molecule has 24 heavy (non-hydrogen) atoms. The number of hydrogen-bond acceptors (Lipinski definition) is 2. The van der Waals surface area contributed by atoms with Gasteiger partial charge in [-0.05, 0) is 55.1 Å². The molecule has 1 N–H and O–H groups in total. The van der Waals surface area contributed by atoms with E-state index in [9.17, 15) is 0 Å². The molecule has 0 aliphatic carbocycles. The fourth-order valence-electron chi connectivity index (χ4n) is 2.77. The molecule has 0 heterocycles. The molecule has 130 valence electrons. The highest BCUT2D eigenvalue weighted by molar-refractivity contribution is 5.27. The normalized spacial score (nSPS) is 10.8. The van der Waals surface area contributed by atoms with Crippen molar-refractivity contribution in [3.05, 3.63) is 65.2 Å². The topological polar surface area (TPSA) is 21.3 Å². The summed E-state index contributed by atoms with van der Waals surface area (Å²) in [6.07, 6.45) is 6.06. The van der Waals surface area contributed by atoms with Gasteiger partial charge in [-0.15, -0.1) is 0 Å². The zero-order chi connectivity index (χ0) is 17.0. The fourth-order valence-corrected chi connectivity index (χ4v) is 2.77. The first-order chi connectivity index (χ1) is 11.8. The van der Waals surface area contributed by atoms with Gasteiger partial charge in [0.1, 0.15) is 5.75 Å². The van der Waals surface area contributed by atoms with Gasteiger partial charge in [0.25, 0.3) is 0 Å². The van der Waals surface area contributed by atoms with Crippen molar-refractivity contribution in [2.45, 2.75) is 52.5 Å². The minimum absolute atomic E-state index is 0.827. The minimum Gasteiger partial charge on any atom is -0.494 e. The highest BCUT2D eigenvalue weighted by atomic mass is 16.5. The van der Waals surface area contributed by atoms with Crippen molar-refractivity contribution in [3.63, 3.8) is 0 Å². The van der Waals surface area contributed by atoms with Crippen LogP contribution in [0.5, 0.6) is 5.75 Å². The molecule has 0 spiro atoms. The predicted molar refractivity (Wildman–Crippen MR) is 103 cm³/mol. The average molecular weight is 325 g/mol. The van der Waals surface area contributed by atoms with Crippen LogP contribution < -0.4 is 10.1 Å². The van der Waals surface area contributed by atoms with Crippen LogP contribution in [0.2, 0.25) is 0 Å². The summed E-state index contributed by atoms with van der Waals surface area (Å²) in [7, 11) is 0. The third kappa shape index (κ3) is 6.76. The summed E-state index contributed by atoms with van der Waals surface area (Å²) in [6, 6.07) is 17.1. The van der Waals surface area contributed by atoms with Gasteiger partial charge in [0.2, 0.25) is 0 Å². The molecule has 2 aromatic carbocycles. The summed E-state index contributed by atoms with van der Waals surface area (Å²) in [4.78, 5) is 0. The largest absolute Gasteiger partial charge is 0.494 e. The van der Waals surface area contributed by atoms with Crippen molar-refractivity contribution in [2.24, 2.45) is 0 Å². The molecule has 0 aliphatic rings. The van der Waals surface area contributed by atoms with E-state index in [1.807, 2.05) is 0 Å². The molecule has 2 heteroatoms. The summed E-state index contributed by atoms with van der Waals surface area (Å²) in [5, 5.41) is 3.52. The molecule has 2 nitrogen and oxygen atoms in total. The molecule has 0 amide bonds. The maximum atomic E-state index is 5.78. The second-order valence-corrected chi connectivity index (χ2v) is 6.41. The van der Waals surface area contributed by atoms with E-state index in [4.69, 9.17) is 4.74 Å². The van der Waals surface area contributed by atoms with E-state index in [1.165, 1.54) is 36.0 Å². The van der Waals surface area contributed by atoms with Gasteiger partial charge < -0.3 is 10.1 Å². The molecule has 0 saturated carbocycles. The van der Waals surface area contributed by atoms with E-state index in [-0.39, 0.29) is 0 Å². The number of nitrogens with one attached hydrogen (secondary N) is 1. The lowest BCUT2D eigenvalue weighted by Crippen LogP contribution is -2.17. The summed E-state index contributed by atoms with van der Waals surface area (Å²) >= 11 is 0. The van der Waals surface area contributed by atoms with E-state index in [0.29, 0.717) is 0 Å². The molecule has 0 fully saturated rings. The SMILES string of the molecule is CCCCCCOc1ccc(CNCCc2ccccc2C)cc1. The van der Waals surface area contributed by atoms with Gasteiger partial charge in [-0.2, -0.15) is 0 Å². The maximum Gasteiger partial charge on any atom is 0.119 e. The van der Waals surface area contributed by atoms with Gasteiger partial charge in [-0.1, -0.05) is 62.6 Å². The van der Waals surface area contributed by atoms with Crippen LogP contribution >= 0.6 is 0 Å². The van der Waals surface area contributed by atoms with Crippen molar-refractivity contribution in [1.82, 2.24) is 5.32 Å². The van der Waals surface area contributed by atoms with Crippen LogP contribution in [0.3, 0.4) is 0 Å². The van der Waals surface area contributed by atoms with Crippen molar-refractivity contribution in [1.29, 1.82) is 0 Å². The Morgan fingerprint density at radius 2 is 1.71 bits per heavy atom. The summed E-state index contributed by atoms with van der Waals surface area (Å²) in [5.74, 6) is 0.982. The number of hydrogen-bond donors (Lipinski definition) is 1. The third-order valence-electron chi connectivity index (χ3n) is 4.35. The van der Waals surface area contributed by atoms with Gasteiger partial charge in [0, 0.05) is 6.54 Å². The Kier molecular flexibility index (Phi) is 8.40. The Hall–Kier alpha value is -1.80. The molecular weight excluding hydrogens is 294 g/mol. The van der Waals surface area contributed by atoms with Crippen LogP contribution in [0, 0.1) is 6.92 Å². The Morgan fingerprint density at radius 3 is 2.46 bits per heavy atom. The summed E-state index contributed by atoms with van der Waals surface area (Å²) in [6.45, 7) is 7.14. The lowest BCUT2D eigenvalue weighted by Gasteiger charge is -2.09. The highest BCUT2D eigenvalue weighted by Crippen LogP contribution is 2.13. The average Bonchev–Trinajstić information content (AvgIpc) is 2.61. The quantitative estimate of drug-likeness (QED) is 0.567. The van der Waals surface area contributed by atoms with E-state index in [0.717, 1.165) is 38.3 Å². The lowest BCUT2D eigenvalue weighted by atomic mass is 10.1. The first-order valence-electron chi connectivity index (χ1n) is 9.26. The molecule has 0 bridgehead atoms. The second-order valence-electron chi connectivity index (χ2n) is 6.41. The Labute approximate surface area is 147 Å². The van der Waals surface area contributed by atoms with Crippen molar-refractivity contribution in [3.8, 4) is 5.75 Å². The monoisotopic (exact) mass is 325 g/mol. The maximum absolute atomic E-state index is 5.78. The molecule has 0 radical (unpaired) electrons. The van der Waals surface area contributed by atoms with Gasteiger partial charge >= 0.3 is 0 Å². The zero-order valence-corrected chi connectivity index (χ0v) is 15.2. The molecule has 0 aromatic heterocycles. The zero-order valence-electron chi connectivity index (χ0n) is 15.2. The van der Waals surface area contributed by atoms with Crippen LogP contribution in [-0.2, 0) is 13.0 Å². The van der Waals surface area contributed by atoms with Gasteiger partial charge in [0.05, 0.1) is 6.61 Å². The molecular formula is C22H31NO. The first kappa shape index (κ1) is 18.5. The van der Waals surface area contributed by atoms with Crippen LogP contribution in [0.1, 0.15) is 49.3 Å². The van der Waals surface area contributed by atoms with Crippen molar-refractivity contribution >= 4 is 0 Å². The molecule has 2 aromatic rings. The van der Waals surface area contributed by atoms with Crippen LogP contribution in [-0.4, -0.2) is 13.2 Å². The number of ether oxygens (including phenoxy) is 1. The third-order valence-corrected chi connectivity index (χ3v) is 4.35. The minimum atomic E-state index is 0.827. The predicted octanol–water partition coefficient (Wildman–Crippen LogP) is 5.29.